The van der Waals surface area contributed by atoms with Gasteiger partial charge >= 0.3 is 0 Å². The fraction of sp³-hybridized carbons (Fsp3) is 0.444. The van der Waals surface area contributed by atoms with E-state index in [9.17, 15) is 0 Å². The molecule has 0 unspecified atom stereocenters. The highest BCUT2D eigenvalue weighted by Crippen LogP contribution is 2.29. The molecule has 1 aromatic carbocycles. The quantitative estimate of drug-likeness (QED) is 0.556. The highest BCUT2D eigenvalue weighted by molar-refractivity contribution is 14.1. The van der Waals surface area contributed by atoms with Crippen LogP contribution in [-0.4, -0.2) is 23.4 Å². The van der Waals surface area contributed by atoms with Crippen molar-refractivity contribution >= 4 is 39.2 Å². The number of halogens is 1. The molecule has 1 heterocycles. The number of rotatable bonds is 6. The Hall–Kier alpha value is -1.01. The first-order chi connectivity index (χ1) is 10.5. The van der Waals surface area contributed by atoms with E-state index in [1.165, 1.54) is 16.4 Å². The lowest BCUT2D eigenvalue weighted by molar-refractivity contribution is 0.0632. The van der Waals surface area contributed by atoms with Gasteiger partial charge in [0.1, 0.15) is 0 Å². The summed E-state index contributed by atoms with van der Waals surface area (Å²) in [7, 11) is 0. The molecule has 1 aromatic heterocycles. The second kappa shape index (κ2) is 6.62. The monoisotopic (exact) mass is 408 g/mol. The van der Waals surface area contributed by atoms with Crippen LogP contribution in [0.5, 0.6) is 0 Å². The number of nitrogens with one attached hydrogen (secondary N) is 1. The molecule has 22 heavy (non-hydrogen) atoms. The van der Waals surface area contributed by atoms with E-state index in [0.29, 0.717) is 12.1 Å². The first-order valence-corrected chi connectivity index (χ1v) is 8.87. The molecule has 3 rings (SSSR count). The summed E-state index contributed by atoms with van der Waals surface area (Å²) in [5, 5.41) is 9.54. The molecule has 0 spiro atoms. The van der Waals surface area contributed by atoms with Crippen molar-refractivity contribution in [2.45, 2.75) is 39.2 Å². The van der Waals surface area contributed by atoms with E-state index in [1.54, 1.807) is 0 Å². The summed E-state index contributed by atoms with van der Waals surface area (Å²) in [6, 6.07) is 8.24. The SMILES string of the molecule is Cc1cc(C(=N)C[C@H](C)OCC2CC2)c2ccc(I)cc2n1. The molecule has 4 heteroatoms. The van der Waals surface area contributed by atoms with Gasteiger partial charge in [0, 0.05) is 39.0 Å². The zero-order chi connectivity index (χ0) is 15.7. The lowest BCUT2D eigenvalue weighted by Gasteiger charge is -2.15. The van der Waals surface area contributed by atoms with Crippen LogP contribution in [-0.2, 0) is 4.74 Å². The predicted octanol–water partition coefficient (Wildman–Crippen LogP) is 4.72. The second-order valence-corrected chi connectivity index (χ2v) is 7.49. The van der Waals surface area contributed by atoms with Crippen LogP contribution in [0.15, 0.2) is 24.3 Å². The number of aromatic nitrogens is 1. The Morgan fingerprint density at radius 3 is 2.91 bits per heavy atom. The molecule has 0 bridgehead atoms. The van der Waals surface area contributed by atoms with Crippen LogP contribution in [0.1, 0.15) is 37.4 Å². The van der Waals surface area contributed by atoms with Gasteiger partial charge in [-0.15, -0.1) is 0 Å². The number of hydrogen-bond donors (Lipinski definition) is 1. The van der Waals surface area contributed by atoms with Gasteiger partial charge in [0.25, 0.3) is 0 Å². The lowest BCUT2D eigenvalue weighted by Crippen LogP contribution is -2.16. The zero-order valence-electron chi connectivity index (χ0n) is 13.0. The van der Waals surface area contributed by atoms with E-state index in [-0.39, 0.29) is 6.10 Å². The van der Waals surface area contributed by atoms with Gasteiger partial charge < -0.3 is 10.1 Å². The number of hydrogen-bond acceptors (Lipinski definition) is 3. The minimum Gasteiger partial charge on any atom is -0.378 e. The Balaban J connectivity index is 1.80. The molecule has 3 nitrogen and oxygen atoms in total. The van der Waals surface area contributed by atoms with E-state index in [0.717, 1.165) is 34.7 Å². The van der Waals surface area contributed by atoms with Crippen LogP contribution in [0.4, 0.5) is 0 Å². The minimum atomic E-state index is 0.0977. The van der Waals surface area contributed by atoms with Crippen LogP contribution in [0.3, 0.4) is 0 Å². The fourth-order valence-corrected chi connectivity index (χ4v) is 3.10. The van der Waals surface area contributed by atoms with Crippen molar-refractivity contribution < 1.29 is 4.74 Å². The van der Waals surface area contributed by atoms with Crippen molar-refractivity contribution in [2.24, 2.45) is 5.92 Å². The lowest BCUT2D eigenvalue weighted by atomic mass is 10.00. The molecule has 1 fully saturated rings. The number of aryl methyl sites for hydroxylation is 1. The average Bonchev–Trinajstić information content (AvgIpc) is 3.27. The predicted molar refractivity (Wildman–Crippen MR) is 98.8 cm³/mol. The molecule has 1 aliphatic rings. The summed E-state index contributed by atoms with van der Waals surface area (Å²) < 4.78 is 7.03. The Labute approximate surface area is 145 Å². The van der Waals surface area contributed by atoms with Crippen LogP contribution in [0, 0.1) is 21.8 Å². The van der Waals surface area contributed by atoms with Gasteiger partial charge in [-0.1, -0.05) is 6.07 Å². The van der Waals surface area contributed by atoms with Gasteiger partial charge in [-0.3, -0.25) is 4.98 Å². The normalized spacial score (nSPS) is 16.0. The maximum absolute atomic E-state index is 8.48. The van der Waals surface area contributed by atoms with Gasteiger partial charge in [-0.25, -0.2) is 0 Å². The van der Waals surface area contributed by atoms with E-state index in [4.69, 9.17) is 10.1 Å². The Kier molecular flexibility index (Phi) is 4.78. The maximum Gasteiger partial charge on any atom is 0.0722 e. The van der Waals surface area contributed by atoms with E-state index in [1.807, 2.05) is 13.0 Å². The molecule has 1 atom stereocenters. The van der Waals surface area contributed by atoms with Crippen molar-refractivity contribution in [1.82, 2.24) is 4.98 Å². The number of nitrogens with zero attached hydrogens (tertiary/aromatic N) is 1. The van der Waals surface area contributed by atoms with Crippen LogP contribution in [0.2, 0.25) is 0 Å². The Bertz CT molecular complexity index is 704. The van der Waals surface area contributed by atoms with E-state index < -0.39 is 0 Å². The third-order valence-corrected chi connectivity index (χ3v) is 4.70. The molecule has 1 N–H and O–H groups in total. The first kappa shape index (κ1) is 15.9. The summed E-state index contributed by atoms with van der Waals surface area (Å²) in [6.45, 7) is 4.90. The van der Waals surface area contributed by atoms with Crippen LogP contribution in [0.25, 0.3) is 10.9 Å². The number of pyridine rings is 1. The molecular formula is C18H21IN2O. The molecule has 0 aliphatic heterocycles. The molecule has 1 saturated carbocycles. The van der Waals surface area contributed by atoms with Crippen molar-refractivity contribution in [1.29, 1.82) is 5.41 Å². The molecule has 0 saturated heterocycles. The summed E-state index contributed by atoms with van der Waals surface area (Å²) in [6.07, 6.45) is 3.35. The van der Waals surface area contributed by atoms with Crippen molar-refractivity contribution in [3.63, 3.8) is 0 Å². The molecule has 0 radical (unpaired) electrons. The summed E-state index contributed by atoms with van der Waals surface area (Å²) in [4.78, 5) is 4.59. The maximum atomic E-state index is 8.48. The minimum absolute atomic E-state index is 0.0977. The summed E-state index contributed by atoms with van der Waals surface area (Å²) in [5.74, 6) is 0.766. The van der Waals surface area contributed by atoms with Crippen molar-refractivity contribution in [3.05, 3.63) is 39.1 Å². The fourth-order valence-electron chi connectivity index (χ4n) is 2.62. The van der Waals surface area contributed by atoms with E-state index >= 15 is 0 Å². The van der Waals surface area contributed by atoms with Crippen LogP contribution >= 0.6 is 22.6 Å². The molecule has 0 amide bonds. The molecule has 1 aliphatic carbocycles. The summed E-state index contributed by atoms with van der Waals surface area (Å²) in [5.41, 5.74) is 3.56. The number of benzene rings is 1. The van der Waals surface area contributed by atoms with Crippen LogP contribution < -0.4 is 0 Å². The number of ether oxygens (including phenoxy) is 1. The van der Waals surface area contributed by atoms with E-state index in [2.05, 4.69) is 52.7 Å². The van der Waals surface area contributed by atoms with Gasteiger partial charge in [0.15, 0.2) is 0 Å². The molecular weight excluding hydrogens is 387 g/mol. The summed E-state index contributed by atoms with van der Waals surface area (Å²) >= 11 is 2.30. The highest BCUT2D eigenvalue weighted by atomic mass is 127. The highest BCUT2D eigenvalue weighted by Gasteiger charge is 2.22. The van der Waals surface area contributed by atoms with Gasteiger partial charge in [0.2, 0.25) is 0 Å². The largest absolute Gasteiger partial charge is 0.378 e. The third-order valence-electron chi connectivity index (χ3n) is 4.03. The standard InChI is InChI=1S/C18H21IN2O/c1-11-7-16(15-6-5-14(19)9-18(15)21-11)17(20)8-12(2)22-10-13-3-4-13/h5-7,9,12-13,20H,3-4,8,10H2,1-2H3/t12-/m0/s1. The zero-order valence-corrected chi connectivity index (χ0v) is 15.2. The topological polar surface area (TPSA) is 46.0 Å². The van der Waals surface area contributed by atoms with Gasteiger partial charge in [-0.05, 0) is 73.4 Å². The molecule has 116 valence electrons. The first-order valence-electron chi connectivity index (χ1n) is 7.79. The second-order valence-electron chi connectivity index (χ2n) is 6.24. The van der Waals surface area contributed by atoms with Crippen molar-refractivity contribution in [3.8, 4) is 0 Å². The smallest absolute Gasteiger partial charge is 0.0722 e. The Morgan fingerprint density at radius 2 is 2.18 bits per heavy atom. The van der Waals surface area contributed by atoms with Crippen molar-refractivity contribution in [2.75, 3.05) is 6.61 Å². The number of fused-ring (bicyclic) bond motifs is 1. The Morgan fingerprint density at radius 1 is 1.41 bits per heavy atom. The third kappa shape index (κ3) is 3.84. The molecule has 2 aromatic rings. The van der Waals surface area contributed by atoms with Gasteiger partial charge in [-0.2, -0.15) is 0 Å². The van der Waals surface area contributed by atoms with Gasteiger partial charge in [0.05, 0.1) is 11.6 Å². The average molecular weight is 408 g/mol.